The minimum atomic E-state index is -0.537. The van der Waals surface area contributed by atoms with Gasteiger partial charge in [-0.3, -0.25) is 19.7 Å². The van der Waals surface area contributed by atoms with Gasteiger partial charge in [0.15, 0.2) is 5.76 Å². The number of Topliss-reactive ketones (excluding diaryl/α,β-unsaturated/α-hetero) is 1. The SMILES string of the molecule is COc1ccc(C(=O)C2=C(NC(=O)c3ccc([N+](=O)[O-])cc3)C3C=CC=CC3O2)cc1. The van der Waals surface area contributed by atoms with E-state index >= 15 is 0 Å². The van der Waals surface area contributed by atoms with Crippen LogP contribution in [-0.4, -0.2) is 29.8 Å². The summed E-state index contributed by atoms with van der Waals surface area (Å²) in [4.78, 5) is 36.2. The molecule has 0 saturated carbocycles. The van der Waals surface area contributed by atoms with Gasteiger partial charge in [0, 0.05) is 23.3 Å². The summed E-state index contributed by atoms with van der Waals surface area (Å²) in [7, 11) is 1.54. The molecule has 1 heterocycles. The standard InChI is InChI=1S/C23H18N2O6/c1-30-17-12-8-14(9-13-17)21(26)22-20(18-4-2-3-5-19(18)31-22)24-23(27)15-6-10-16(11-7-15)25(28)29/h2-13,18-19H,1H3,(H,24,27). The lowest BCUT2D eigenvalue weighted by Crippen LogP contribution is -2.29. The summed E-state index contributed by atoms with van der Waals surface area (Å²) in [5.41, 5.74) is 0.864. The maximum atomic E-state index is 13.1. The lowest BCUT2D eigenvalue weighted by molar-refractivity contribution is -0.384. The first-order valence-corrected chi connectivity index (χ1v) is 9.48. The third-order valence-electron chi connectivity index (χ3n) is 5.06. The van der Waals surface area contributed by atoms with Crippen LogP contribution < -0.4 is 10.1 Å². The minimum Gasteiger partial charge on any atom is -0.497 e. The van der Waals surface area contributed by atoms with Crippen molar-refractivity contribution in [2.75, 3.05) is 7.11 Å². The molecule has 0 radical (unpaired) electrons. The molecule has 2 unspecified atom stereocenters. The molecule has 2 aromatic rings. The number of amides is 1. The van der Waals surface area contributed by atoms with Gasteiger partial charge in [-0.05, 0) is 42.5 Å². The van der Waals surface area contributed by atoms with Crippen LogP contribution in [0.5, 0.6) is 5.75 Å². The van der Waals surface area contributed by atoms with Crippen molar-refractivity contribution in [1.29, 1.82) is 0 Å². The van der Waals surface area contributed by atoms with E-state index in [-0.39, 0.29) is 28.7 Å². The predicted molar refractivity (Wildman–Crippen MR) is 112 cm³/mol. The number of benzene rings is 2. The van der Waals surface area contributed by atoms with E-state index in [1.165, 1.54) is 31.4 Å². The number of nitrogens with one attached hydrogen (secondary N) is 1. The molecule has 4 rings (SSSR count). The molecule has 2 aromatic carbocycles. The van der Waals surface area contributed by atoms with E-state index in [1.807, 2.05) is 24.3 Å². The van der Waals surface area contributed by atoms with Crippen molar-refractivity contribution in [3.63, 3.8) is 0 Å². The lowest BCUT2D eigenvalue weighted by Gasteiger charge is -2.17. The zero-order chi connectivity index (χ0) is 22.0. The Hall–Kier alpha value is -4.20. The van der Waals surface area contributed by atoms with Crippen molar-refractivity contribution in [3.8, 4) is 5.75 Å². The van der Waals surface area contributed by atoms with Crippen LogP contribution in [0.1, 0.15) is 20.7 Å². The molecule has 0 saturated heterocycles. The molecule has 2 aliphatic rings. The highest BCUT2D eigenvalue weighted by Gasteiger charge is 2.39. The van der Waals surface area contributed by atoms with Gasteiger partial charge in [-0.2, -0.15) is 0 Å². The number of rotatable bonds is 6. The van der Waals surface area contributed by atoms with Gasteiger partial charge in [-0.15, -0.1) is 0 Å². The summed E-state index contributed by atoms with van der Waals surface area (Å²) >= 11 is 0. The first-order valence-electron chi connectivity index (χ1n) is 9.48. The third kappa shape index (κ3) is 3.95. The van der Waals surface area contributed by atoms with Crippen LogP contribution >= 0.6 is 0 Å². The second-order valence-electron chi connectivity index (χ2n) is 6.94. The zero-order valence-corrected chi connectivity index (χ0v) is 16.5. The minimum absolute atomic E-state index is 0.0617. The number of ether oxygens (including phenoxy) is 2. The number of allylic oxidation sites excluding steroid dienone is 3. The monoisotopic (exact) mass is 418 g/mol. The number of hydrogen-bond donors (Lipinski definition) is 1. The third-order valence-corrected chi connectivity index (χ3v) is 5.06. The molecule has 1 aliphatic carbocycles. The van der Waals surface area contributed by atoms with Crippen molar-refractivity contribution in [1.82, 2.24) is 5.32 Å². The van der Waals surface area contributed by atoms with Gasteiger partial charge in [0.05, 0.1) is 23.6 Å². The molecule has 0 spiro atoms. The van der Waals surface area contributed by atoms with Gasteiger partial charge in [-0.25, -0.2) is 0 Å². The molecule has 0 aromatic heterocycles. The molecule has 8 heteroatoms. The van der Waals surface area contributed by atoms with Gasteiger partial charge in [0.1, 0.15) is 11.9 Å². The van der Waals surface area contributed by atoms with E-state index < -0.39 is 16.9 Å². The second-order valence-corrected chi connectivity index (χ2v) is 6.94. The van der Waals surface area contributed by atoms with Crippen LogP contribution in [0.2, 0.25) is 0 Å². The highest BCUT2D eigenvalue weighted by atomic mass is 16.6. The van der Waals surface area contributed by atoms with E-state index in [0.717, 1.165) is 0 Å². The van der Waals surface area contributed by atoms with E-state index in [9.17, 15) is 19.7 Å². The Bertz CT molecular complexity index is 1130. The zero-order valence-electron chi connectivity index (χ0n) is 16.5. The van der Waals surface area contributed by atoms with E-state index in [2.05, 4.69) is 5.32 Å². The molecule has 156 valence electrons. The number of carbonyl (C=O) groups excluding carboxylic acids is 2. The summed E-state index contributed by atoms with van der Waals surface area (Å²) in [6.45, 7) is 0. The van der Waals surface area contributed by atoms with Gasteiger partial charge < -0.3 is 14.8 Å². The Morgan fingerprint density at radius 2 is 1.65 bits per heavy atom. The van der Waals surface area contributed by atoms with Gasteiger partial charge >= 0.3 is 0 Å². The number of carbonyl (C=O) groups is 2. The average molecular weight is 418 g/mol. The lowest BCUT2D eigenvalue weighted by atomic mass is 9.94. The van der Waals surface area contributed by atoms with Crippen molar-refractivity contribution in [3.05, 3.63) is 106 Å². The molecule has 0 fully saturated rings. The number of hydrogen-bond acceptors (Lipinski definition) is 6. The maximum Gasteiger partial charge on any atom is 0.269 e. The maximum absolute atomic E-state index is 13.1. The summed E-state index contributed by atoms with van der Waals surface area (Å²) in [5, 5.41) is 13.6. The van der Waals surface area contributed by atoms with Crippen LogP contribution in [0.4, 0.5) is 5.69 Å². The molecule has 8 nitrogen and oxygen atoms in total. The Balaban J connectivity index is 1.65. The van der Waals surface area contributed by atoms with Gasteiger partial charge in [-0.1, -0.05) is 18.2 Å². The molecule has 1 aliphatic heterocycles. The van der Waals surface area contributed by atoms with E-state index in [4.69, 9.17) is 9.47 Å². The fourth-order valence-corrected chi connectivity index (χ4v) is 3.43. The Labute approximate surface area is 177 Å². The number of nitro benzene ring substituents is 1. The highest BCUT2D eigenvalue weighted by Crippen LogP contribution is 2.35. The molecule has 31 heavy (non-hydrogen) atoms. The first-order chi connectivity index (χ1) is 15.0. The number of nitro groups is 1. The molecule has 1 N–H and O–H groups in total. The van der Waals surface area contributed by atoms with E-state index in [1.54, 1.807) is 24.3 Å². The van der Waals surface area contributed by atoms with Crippen molar-refractivity contribution >= 4 is 17.4 Å². The molecular weight excluding hydrogens is 400 g/mol. The fourth-order valence-electron chi connectivity index (χ4n) is 3.43. The Morgan fingerprint density at radius 1 is 1.00 bits per heavy atom. The normalized spacial score (nSPS) is 18.9. The average Bonchev–Trinajstić information content (AvgIpc) is 3.17. The quantitative estimate of drug-likeness (QED) is 0.437. The second kappa shape index (κ2) is 8.27. The number of nitrogens with zero attached hydrogens (tertiary/aromatic N) is 1. The molecule has 1 amide bonds. The van der Waals surface area contributed by atoms with Crippen LogP contribution in [-0.2, 0) is 4.74 Å². The smallest absolute Gasteiger partial charge is 0.269 e. The van der Waals surface area contributed by atoms with Crippen LogP contribution in [0.15, 0.2) is 84.3 Å². The topological polar surface area (TPSA) is 108 Å². The summed E-state index contributed by atoms with van der Waals surface area (Å²) in [6, 6.07) is 11.8. The Kier molecular flexibility index (Phi) is 5.36. The fraction of sp³-hybridized carbons (Fsp3) is 0.130. The Morgan fingerprint density at radius 3 is 2.29 bits per heavy atom. The predicted octanol–water partition coefficient (Wildman–Crippen LogP) is 3.57. The van der Waals surface area contributed by atoms with Crippen molar-refractivity contribution in [2.45, 2.75) is 6.10 Å². The molecular formula is C23H18N2O6. The van der Waals surface area contributed by atoms with Crippen LogP contribution in [0.25, 0.3) is 0 Å². The summed E-state index contributed by atoms with van der Waals surface area (Å²) < 4.78 is 11.0. The van der Waals surface area contributed by atoms with Crippen molar-refractivity contribution in [2.24, 2.45) is 5.92 Å². The highest BCUT2D eigenvalue weighted by molar-refractivity contribution is 6.09. The largest absolute Gasteiger partial charge is 0.497 e. The van der Waals surface area contributed by atoms with Crippen LogP contribution in [0.3, 0.4) is 0 Å². The number of ketones is 1. The number of non-ortho nitro benzene ring substituents is 1. The summed E-state index contributed by atoms with van der Waals surface area (Å²) in [5.74, 6) is -0.505. The van der Waals surface area contributed by atoms with Crippen LogP contribution in [0, 0.1) is 16.0 Å². The summed E-state index contributed by atoms with van der Waals surface area (Å²) in [6.07, 6.45) is 6.90. The van der Waals surface area contributed by atoms with Gasteiger partial charge in [0.2, 0.25) is 5.78 Å². The first kappa shape index (κ1) is 20.1. The molecule has 2 atom stereocenters. The number of methoxy groups -OCH3 is 1. The van der Waals surface area contributed by atoms with Gasteiger partial charge in [0.25, 0.3) is 11.6 Å². The van der Waals surface area contributed by atoms with Crippen molar-refractivity contribution < 1.29 is 24.0 Å². The van der Waals surface area contributed by atoms with E-state index in [0.29, 0.717) is 17.0 Å². The number of fused-ring (bicyclic) bond motifs is 1. The molecule has 0 bridgehead atoms.